The fourth-order valence-electron chi connectivity index (χ4n) is 2.98. The van der Waals surface area contributed by atoms with Gasteiger partial charge >= 0.3 is 0 Å². The van der Waals surface area contributed by atoms with Crippen molar-refractivity contribution in [1.29, 1.82) is 0 Å². The number of nitrogens with one attached hydrogen (secondary N) is 1. The van der Waals surface area contributed by atoms with E-state index in [1.54, 1.807) is 0 Å². The maximum absolute atomic E-state index is 12.4. The highest BCUT2D eigenvalue weighted by Gasteiger charge is 2.31. The first-order valence-corrected chi connectivity index (χ1v) is 8.21. The van der Waals surface area contributed by atoms with Crippen LogP contribution in [0.25, 0.3) is 0 Å². The average Bonchev–Trinajstić information content (AvgIpc) is 2.45. The van der Waals surface area contributed by atoms with E-state index in [0.29, 0.717) is 12.0 Å². The van der Waals surface area contributed by atoms with Gasteiger partial charge in [0.2, 0.25) is 11.8 Å². The van der Waals surface area contributed by atoms with Crippen molar-refractivity contribution < 1.29 is 9.59 Å². The zero-order chi connectivity index (χ0) is 16.0. The van der Waals surface area contributed by atoms with Gasteiger partial charge in [0.15, 0.2) is 0 Å². The predicted molar refractivity (Wildman–Crippen MR) is 84.6 cm³/mol. The van der Waals surface area contributed by atoms with Gasteiger partial charge in [-0.25, -0.2) is 0 Å². The molecule has 0 aromatic rings. The molecular formula is C16H31N3O2. The Hall–Kier alpha value is -1.10. The van der Waals surface area contributed by atoms with E-state index in [-0.39, 0.29) is 24.3 Å². The van der Waals surface area contributed by atoms with Gasteiger partial charge in [0.25, 0.3) is 0 Å². The fourth-order valence-corrected chi connectivity index (χ4v) is 2.98. The Morgan fingerprint density at radius 1 is 1.38 bits per heavy atom. The van der Waals surface area contributed by atoms with E-state index in [9.17, 15) is 9.59 Å². The number of hydrogen-bond donors (Lipinski definition) is 2. The number of piperidine rings is 1. The highest BCUT2D eigenvalue weighted by atomic mass is 16.2. The molecule has 0 spiro atoms. The summed E-state index contributed by atoms with van der Waals surface area (Å²) in [6.07, 6.45) is 4.33. The van der Waals surface area contributed by atoms with Gasteiger partial charge in [-0.15, -0.1) is 0 Å². The lowest BCUT2D eigenvalue weighted by Crippen LogP contribution is -2.52. The minimum absolute atomic E-state index is 0.0179. The summed E-state index contributed by atoms with van der Waals surface area (Å²) in [6, 6.07) is -0.239. The van der Waals surface area contributed by atoms with Gasteiger partial charge < -0.3 is 16.0 Å². The maximum atomic E-state index is 12.4. The Kier molecular flexibility index (Phi) is 7.15. The molecule has 0 saturated carbocycles. The van der Waals surface area contributed by atoms with Crippen molar-refractivity contribution in [3.63, 3.8) is 0 Å². The summed E-state index contributed by atoms with van der Waals surface area (Å²) < 4.78 is 0. The minimum atomic E-state index is -0.551. The van der Waals surface area contributed by atoms with Gasteiger partial charge in [-0.2, -0.15) is 0 Å². The predicted octanol–water partition coefficient (Wildman–Crippen LogP) is 1.51. The third kappa shape index (κ3) is 4.99. The van der Waals surface area contributed by atoms with Crippen LogP contribution in [0.3, 0.4) is 0 Å². The molecule has 1 rings (SSSR count). The van der Waals surface area contributed by atoms with Crippen LogP contribution in [0, 0.1) is 11.8 Å². The normalized spacial score (nSPS) is 24.0. The first-order chi connectivity index (χ1) is 9.88. The summed E-state index contributed by atoms with van der Waals surface area (Å²) in [7, 11) is 0. The van der Waals surface area contributed by atoms with Gasteiger partial charge in [0, 0.05) is 12.6 Å². The van der Waals surface area contributed by atoms with Crippen molar-refractivity contribution in [2.24, 2.45) is 17.6 Å². The third-order valence-electron chi connectivity index (χ3n) is 4.46. The summed E-state index contributed by atoms with van der Waals surface area (Å²) in [6.45, 7) is 9.03. The van der Waals surface area contributed by atoms with E-state index < -0.39 is 6.04 Å². The highest BCUT2D eigenvalue weighted by molar-refractivity contribution is 5.87. The number of hydrogen-bond acceptors (Lipinski definition) is 3. The van der Waals surface area contributed by atoms with Crippen LogP contribution in [0.5, 0.6) is 0 Å². The Morgan fingerprint density at radius 2 is 2.05 bits per heavy atom. The summed E-state index contributed by atoms with van der Waals surface area (Å²) in [4.78, 5) is 26.2. The molecule has 0 aliphatic carbocycles. The van der Waals surface area contributed by atoms with Crippen molar-refractivity contribution in [2.75, 3.05) is 13.1 Å². The van der Waals surface area contributed by atoms with Crippen LogP contribution < -0.4 is 11.1 Å². The van der Waals surface area contributed by atoms with Crippen molar-refractivity contribution in [1.82, 2.24) is 10.2 Å². The molecule has 3 N–H and O–H groups in total. The monoisotopic (exact) mass is 297 g/mol. The average molecular weight is 297 g/mol. The smallest absolute Gasteiger partial charge is 0.242 e. The maximum Gasteiger partial charge on any atom is 0.242 e. The van der Waals surface area contributed by atoms with Gasteiger partial charge in [-0.1, -0.05) is 34.1 Å². The van der Waals surface area contributed by atoms with E-state index in [0.717, 1.165) is 25.8 Å². The molecule has 5 heteroatoms. The highest BCUT2D eigenvalue weighted by Crippen LogP contribution is 2.26. The van der Waals surface area contributed by atoms with Gasteiger partial charge in [0.1, 0.15) is 0 Å². The standard InChI is InChI=1S/C16H31N3O2/c1-5-7-13-12(4)8-6-9-19(13)14(20)10-18-16(21)15(17)11(2)3/h11-13,15H,5-10,17H2,1-4H3,(H,18,21)/t12?,13?,15-/m0/s1. The van der Waals surface area contributed by atoms with Crippen LogP contribution in [-0.4, -0.2) is 41.9 Å². The molecule has 1 aliphatic heterocycles. The molecule has 0 radical (unpaired) electrons. The molecule has 0 aromatic carbocycles. The lowest BCUT2D eigenvalue weighted by atomic mass is 9.88. The lowest BCUT2D eigenvalue weighted by Gasteiger charge is -2.40. The second kappa shape index (κ2) is 8.37. The summed E-state index contributed by atoms with van der Waals surface area (Å²) in [5.41, 5.74) is 5.78. The molecular weight excluding hydrogens is 266 g/mol. The molecule has 0 bridgehead atoms. The Labute approximate surface area is 128 Å². The fraction of sp³-hybridized carbons (Fsp3) is 0.875. The minimum Gasteiger partial charge on any atom is -0.346 e. The topological polar surface area (TPSA) is 75.4 Å². The molecule has 5 nitrogen and oxygen atoms in total. The van der Waals surface area contributed by atoms with Gasteiger partial charge in [0.05, 0.1) is 12.6 Å². The summed E-state index contributed by atoms with van der Waals surface area (Å²) >= 11 is 0. The molecule has 1 saturated heterocycles. The largest absolute Gasteiger partial charge is 0.346 e. The summed E-state index contributed by atoms with van der Waals surface area (Å²) in [5.74, 6) is 0.388. The van der Waals surface area contributed by atoms with Crippen molar-refractivity contribution in [2.45, 2.75) is 65.5 Å². The first kappa shape index (κ1) is 18.0. The Morgan fingerprint density at radius 3 is 2.62 bits per heavy atom. The molecule has 1 heterocycles. The van der Waals surface area contributed by atoms with Crippen molar-refractivity contribution >= 4 is 11.8 Å². The quantitative estimate of drug-likeness (QED) is 0.780. The number of carbonyl (C=O) groups is 2. The summed E-state index contributed by atoms with van der Waals surface area (Å²) in [5, 5.41) is 2.68. The van der Waals surface area contributed by atoms with Gasteiger partial charge in [-0.3, -0.25) is 9.59 Å². The van der Waals surface area contributed by atoms with Crippen LogP contribution in [-0.2, 0) is 9.59 Å². The number of carbonyl (C=O) groups excluding carboxylic acids is 2. The molecule has 1 aliphatic rings. The van der Waals surface area contributed by atoms with E-state index >= 15 is 0 Å². The van der Waals surface area contributed by atoms with E-state index in [1.165, 1.54) is 6.42 Å². The van der Waals surface area contributed by atoms with Crippen molar-refractivity contribution in [3.8, 4) is 0 Å². The van der Waals surface area contributed by atoms with Crippen LogP contribution in [0.4, 0.5) is 0 Å². The van der Waals surface area contributed by atoms with Gasteiger partial charge in [-0.05, 0) is 31.1 Å². The zero-order valence-electron chi connectivity index (χ0n) is 13.9. The van der Waals surface area contributed by atoms with E-state index in [4.69, 9.17) is 5.73 Å². The van der Waals surface area contributed by atoms with Crippen molar-refractivity contribution in [3.05, 3.63) is 0 Å². The molecule has 21 heavy (non-hydrogen) atoms. The number of nitrogens with two attached hydrogens (primary N) is 1. The Bertz CT molecular complexity index is 357. The number of rotatable bonds is 6. The third-order valence-corrected chi connectivity index (χ3v) is 4.46. The van der Waals surface area contributed by atoms with E-state index in [1.807, 2.05) is 18.7 Å². The molecule has 2 unspecified atom stereocenters. The SMILES string of the molecule is CCCC1C(C)CCCN1C(=O)CNC(=O)[C@@H](N)C(C)C. The van der Waals surface area contributed by atoms with Crippen LogP contribution in [0.2, 0.25) is 0 Å². The molecule has 1 fully saturated rings. The number of amides is 2. The van der Waals surface area contributed by atoms with Crippen LogP contribution in [0.15, 0.2) is 0 Å². The van der Waals surface area contributed by atoms with E-state index in [2.05, 4.69) is 19.2 Å². The second-order valence-electron chi connectivity index (χ2n) is 6.55. The zero-order valence-corrected chi connectivity index (χ0v) is 13.9. The molecule has 2 amide bonds. The molecule has 0 aromatic heterocycles. The Balaban J connectivity index is 2.55. The number of nitrogens with zero attached hydrogens (tertiary/aromatic N) is 1. The van der Waals surface area contributed by atoms with Crippen LogP contribution >= 0.6 is 0 Å². The number of likely N-dealkylation sites (tertiary alicyclic amines) is 1. The lowest BCUT2D eigenvalue weighted by molar-refractivity contribution is -0.137. The molecule has 122 valence electrons. The first-order valence-electron chi connectivity index (χ1n) is 8.21. The molecule has 3 atom stereocenters. The second-order valence-corrected chi connectivity index (χ2v) is 6.55. The van der Waals surface area contributed by atoms with Crippen LogP contribution in [0.1, 0.15) is 53.4 Å².